The maximum Gasteiger partial charge on any atom is 0.112 e. The van der Waals surface area contributed by atoms with E-state index >= 15 is 0 Å². The zero-order valence-electron chi connectivity index (χ0n) is 13.1. The molecule has 1 aromatic heterocycles. The summed E-state index contributed by atoms with van der Waals surface area (Å²) in [5, 5.41) is 10.6. The number of aliphatic hydroxyl groups is 1. The molecule has 0 spiro atoms. The Hall–Kier alpha value is -1.55. The second-order valence-electron chi connectivity index (χ2n) is 5.75. The third-order valence-electron chi connectivity index (χ3n) is 4.12. The van der Waals surface area contributed by atoms with E-state index in [2.05, 4.69) is 35.5 Å². The number of benzene rings is 2. The fourth-order valence-electron chi connectivity index (χ4n) is 2.72. The van der Waals surface area contributed by atoms with Gasteiger partial charge in [-0.1, -0.05) is 29.3 Å². The minimum atomic E-state index is 0.0651. The molecule has 1 heterocycles. The molecule has 0 aliphatic rings. The number of hydrogen-bond donors (Lipinski definition) is 1. The fraction of sp³-hybridized carbons (Fsp3) is 0.278. The number of halogens is 2. The fourth-order valence-corrected chi connectivity index (χ4v) is 3.19. The van der Waals surface area contributed by atoms with E-state index in [9.17, 15) is 5.11 Å². The minimum Gasteiger partial charge on any atom is -0.396 e. The van der Waals surface area contributed by atoms with Crippen molar-refractivity contribution >= 4 is 34.2 Å². The van der Waals surface area contributed by atoms with Crippen LogP contribution in [0.2, 0.25) is 10.0 Å². The molecule has 3 aromatic rings. The molecule has 0 radical (unpaired) electrons. The van der Waals surface area contributed by atoms with Crippen molar-refractivity contribution in [2.45, 2.75) is 26.8 Å². The van der Waals surface area contributed by atoms with E-state index in [4.69, 9.17) is 23.2 Å². The van der Waals surface area contributed by atoms with Crippen molar-refractivity contribution in [3.63, 3.8) is 0 Å². The Morgan fingerprint density at radius 1 is 1.09 bits per heavy atom. The Morgan fingerprint density at radius 3 is 2.52 bits per heavy atom. The van der Waals surface area contributed by atoms with Gasteiger partial charge in [0, 0.05) is 16.5 Å². The molecule has 0 fully saturated rings. The molecular formula is C18H18Cl2N2O. The Labute approximate surface area is 145 Å². The van der Waals surface area contributed by atoms with Crippen LogP contribution in [0.5, 0.6) is 0 Å². The molecule has 5 heteroatoms. The van der Waals surface area contributed by atoms with Crippen molar-refractivity contribution in [3.05, 3.63) is 62.9 Å². The van der Waals surface area contributed by atoms with Gasteiger partial charge in [0.05, 0.1) is 24.2 Å². The summed E-state index contributed by atoms with van der Waals surface area (Å²) in [5.41, 5.74) is 5.41. The molecule has 0 aliphatic carbocycles. The third kappa shape index (κ3) is 3.23. The lowest BCUT2D eigenvalue weighted by molar-refractivity contribution is 0.295. The predicted molar refractivity (Wildman–Crippen MR) is 95.6 cm³/mol. The zero-order valence-corrected chi connectivity index (χ0v) is 14.6. The Kier molecular flexibility index (Phi) is 4.62. The number of fused-ring (bicyclic) bond motifs is 1. The van der Waals surface area contributed by atoms with E-state index < -0.39 is 0 Å². The van der Waals surface area contributed by atoms with Gasteiger partial charge < -0.3 is 9.67 Å². The summed E-state index contributed by atoms with van der Waals surface area (Å²) in [5.74, 6) is 0.860. The van der Waals surface area contributed by atoms with E-state index in [0.29, 0.717) is 23.0 Å². The number of aromatic nitrogens is 2. The van der Waals surface area contributed by atoms with Crippen LogP contribution < -0.4 is 0 Å². The average molecular weight is 349 g/mol. The highest BCUT2D eigenvalue weighted by Gasteiger charge is 2.13. The number of nitrogens with zero attached hydrogens (tertiary/aromatic N) is 2. The molecule has 0 atom stereocenters. The highest BCUT2D eigenvalue weighted by Crippen LogP contribution is 2.26. The summed E-state index contributed by atoms with van der Waals surface area (Å²) in [6, 6.07) is 9.75. The summed E-state index contributed by atoms with van der Waals surface area (Å²) in [6.45, 7) is 4.84. The van der Waals surface area contributed by atoms with Crippen LogP contribution in [0.3, 0.4) is 0 Å². The van der Waals surface area contributed by atoms with Crippen molar-refractivity contribution in [2.75, 3.05) is 6.61 Å². The smallest absolute Gasteiger partial charge is 0.112 e. The van der Waals surface area contributed by atoms with Crippen LogP contribution in [-0.4, -0.2) is 21.3 Å². The second kappa shape index (κ2) is 6.52. The molecule has 1 N–H and O–H groups in total. The monoisotopic (exact) mass is 348 g/mol. The summed E-state index contributed by atoms with van der Waals surface area (Å²) in [6.07, 6.45) is 0.512. The molecule has 0 unspecified atom stereocenters. The van der Waals surface area contributed by atoms with Gasteiger partial charge >= 0.3 is 0 Å². The minimum absolute atomic E-state index is 0.0651. The summed E-state index contributed by atoms with van der Waals surface area (Å²) in [7, 11) is 0. The summed E-state index contributed by atoms with van der Waals surface area (Å²) < 4.78 is 2.12. The quantitative estimate of drug-likeness (QED) is 0.751. The van der Waals surface area contributed by atoms with Gasteiger partial charge in [-0.25, -0.2) is 4.98 Å². The van der Waals surface area contributed by atoms with E-state index in [0.717, 1.165) is 22.4 Å². The topological polar surface area (TPSA) is 38.1 Å². The zero-order chi connectivity index (χ0) is 16.6. The van der Waals surface area contributed by atoms with Gasteiger partial charge in [0.2, 0.25) is 0 Å². The molecule has 0 aliphatic heterocycles. The molecule has 3 nitrogen and oxygen atoms in total. The molecular weight excluding hydrogens is 331 g/mol. The van der Waals surface area contributed by atoms with Gasteiger partial charge in [0.1, 0.15) is 5.82 Å². The van der Waals surface area contributed by atoms with Crippen LogP contribution in [0.1, 0.15) is 22.5 Å². The normalized spacial score (nSPS) is 11.3. The maximum absolute atomic E-state index is 9.34. The molecule has 0 amide bonds. The van der Waals surface area contributed by atoms with Crippen LogP contribution in [-0.2, 0) is 13.0 Å². The number of aryl methyl sites for hydroxylation is 2. The highest BCUT2D eigenvalue weighted by atomic mass is 35.5. The number of rotatable bonds is 4. The molecule has 0 saturated carbocycles. The summed E-state index contributed by atoms with van der Waals surface area (Å²) >= 11 is 12.3. The van der Waals surface area contributed by atoms with E-state index in [1.165, 1.54) is 11.1 Å². The molecule has 0 saturated heterocycles. The van der Waals surface area contributed by atoms with Gasteiger partial charge in [-0.15, -0.1) is 0 Å². The van der Waals surface area contributed by atoms with Crippen molar-refractivity contribution in [1.29, 1.82) is 0 Å². The lowest BCUT2D eigenvalue weighted by Crippen LogP contribution is -2.07. The number of aliphatic hydroxyl groups excluding tert-OH is 1. The first-order chi connectivity index (χ1) is 11.0. The van der Waals surface area contributed by atoms with Crippen molar-refractivity contribution in [3.8, 4) is 0 Å². The van der Waals surface area contributed by atoms with Gasteiger partial charge in [0.25, 0.3) is 0 Å². The Balaban J connectivity index is 2.13. The van der Waals surface area contributed by atoms with E-state index in [-0.39, 0.29) is 6.61 Å². The molecule has 3 rings (SSSR count). The third-order valence-corrected chi connectivity index (χ3v) is 4.71. The molecule has 120 valence electrons. The Morgan fingerprint density at radius 2 is 1.83 bits per heavy atom. The first-order valence-corrected chi connectivity index (χ1v) is 8.26. The van der Waals surface area contributed by atoms with Gasteiger partial charge in [0.15, 0.2) is 0 Å². The van der Waals surface area contributed by atoms with Gasteiger partial charge in [-0.2, -0.15) is 0 Å². The van der Waals surface area contributed by atoms with Crippen LogP contribution in [0.25, 0.3) is 11.0 Å². The number of hydrogen-bond acceptors (Lipinski definition) is 2. The van der Waals surface area contributed by atoms with E-state index in [1.807, 2.05) is 12.1 Å². The predicted octanol–water partition coefficient (Wildman–Crippen LogP) is 4.54. The molecule has 2 aromatic carbocycles. The molecule has 0 bridgehead atoms. The lowest BCUT2D eigenvalue weighted by atomic mass is 10.1. The van der Waals surface area contributed by atoms with Crippen molar-refractivity contribution < 1.29 is 5.11 Å². The standard InChI is InChI=1S/C18H18Cl2N2O/c1-11-7-16-17(8-12(11)2)22(18(21-16)5-6-23)10-13-3-4-14(19)9-15(13)20/h3-4,7-9,23H,5-6,10H2,1-2H3. The van der Waals surface area contributed by atoms with Gasteiger partial charge in [-0.3, -0.25) is 0 Å². The first kappa shape index (κ1) is 16.3. The highest BCUT2D eigenvalue weighted by molar-refractivity contribution is 6.35. The van der Waals surface area contributed by atoms with Crippen LogP contribution in [0.15, 0.2) is 30.3 Å². The van der Waals surface area contributed by atoms with E-state index in [1.54, 1.807) is 6.07 Å². The lowest BCUT2D eigenvalue weighted by Gasteiger charge is -2.11. The number of imidazole rings is 1. The average Bonchev–Trinajstić information content (AvgIpc) is 2.80. The maximum atomic E-state index is 9.34. The SMILES string of the molecule is Cc1cc2nc(CCO)n(Cc3ccc(Cl)cc3Cl)c2cc1C. The van der Waals surface area contributed by atoms with Crippen molar-refractivity contribution in [2.24, 2.45) is 0 Å². The first-order valence-electron chi connectivity index (χ1n) is 7.50. The van der Waals surface area contributed by atoms with Crippen LogP contribution in [0, 0.1) is 13.8 Å². The van der Waals surface area contributed by atoms with Gasteiger partial charge in [-0.05, 0) is 54.8 Å². The van der Waals surface area contributed by atoms with Crippen molar-refractivity contribution in [1.82, 2.24) is 9.55 Å². The summed E-state index contributed by atoms with van der Waals surface area (Å²) in [4.78, 5) is 4.68. The largest absolute Gasteiger partial charge is 0.396 e. The van der Waals surface area contributed by atoms with Crippen LogP contribution >= 0.6 is 23.2 Å². The second-order valence-corrected chi connectivity index (χ2v) is 6.59. The molecule has 23 heavy (non-hydrogen) atoms. The Bertz CT molecular complexity index is 871. The van der Waals surface area contributed by atoms with Crippen LogP contribution in [0.4, 0.5) is 0 Å².